The molecule has 0 radical (unpaired) electrons. The fourth-order valence-electron chi connectivity index (χ4n) is 2.41. The maximum atomic E-state index is 9.64. The molecule has 0 aliphatic rings. The van der Waals surface area contributed by atoms with Crippen LogP contribution in [0.5, 0.6) is 0 Å². The third kappa shape index (κ3) is 4.33. The quantitative estimate of drug-likeness (QED) is 0.409. The van der Waals surface area contributed by atoms with Crippen molar-refractivity contribution in [1.29, 1.82) is 10.5 Å². The minimum atomic E-state index is 0.269. The monoisotopic (exact) mass is 429 g/mol. The number of benzene rings is 3. The van der Waals surface area contributed by atoms with Crippen molar-refractivity contribution in [3.8, 4) is 12.1 Å². The Labute approximate surface area is 176 Å². The van der Waals surface area contributed by atoms with E-state index in [0.29, 0.717) is 31.2 Å². The van der Waals surface area contributed by atoms with Crippen molar-refractivity contribution in [3.63, 3.8) is 0 Å². The number of hydrogen-bond acceptors (Lipinski definition) is 4. The molecular weight excluding hydrogens is 421 g/mol. The largest absolute Gasteiger partial charge is 0.279 e. The van der Waals surface area contributed by atoms with Crippen LogP contribution in [0, 0.1) is 22.7 Å². The van der Waals surface area contributed by atoms with Crippen molar-refractivity contribution in [3.05, 3.63) is 86.9 Å². The highest BCUT2D eigenvalue weighted by molar-refractivity contribution is 8.01. The maximum Gasteiger partial charge on any atom is 0.103 e. The molecule has 0 unspecified atom stereocenters. The molecule has 0 saturated carbocycles. The zero-order valence-corrected chi connectivity index (χ0v) is 16.7. The van der Waals surface area contributed by atoms with E-state index in [0.717, 1.165) is 5.69 Å². The van der Waals surface area contributed by atoms with Gasteiger partial charge in [0.25, 0.3) is 0 Å². The second kappa shape index (κ2) is 8.57. The number of nitriles is 2. The van der Waals surface area contributed by atoms with Gasteiger partial charge in [-0.15, -0.1) is 0 Å². The molecule has 3 rings (SSSR count). The van der Waals surface area contributed by atoms with Gasteiger partial charge in [0, 0.05) is 14.9 Å². The molecule has 27 heavy (non-hydrogen) atoms. The second-order valence-corrected chi connectivity index (χ2v) is 7.63. The summed E-state index contributed by atoms with van der Waals surface area (Å²) < 4.78 is 1.81. The van der Waals surface area contributed by atoms with Gasteiger partial charge < -0.3 is 0 Å². The summed E-state index contributed by atoms with van der Waals surface area (Å²) in [5.41, 5.74) is 1.85. The predicted octanol–water partition coefficient (Wildman–Crippen LogP) is 7.24. The van der Waals surface area contributed by atoms with Crippen molar-refractivity contribution in [1.82, 2.24) is 0 Å². The van der Waals surface area contributed by atoms with Gasteiger partial charge in [-0.3, -0.25) is 4.31 Å². The molecule has 0 N–H and O–H groups in total. The Morgan fingerprint density at radius 2 is 1.56 bits per heavy atom. The van der Waals surface area contributed by atoms with Gasteiger partial charge in [0.1, 0.15) is 12.1 Å². The number of anilines is 2. The minimum absolute atomic E-state index is 0.269. The number of rotatable bonds is 4. The summed E-state index contributed by atoms with van der Waals surface area (Å²) in [6.45, 7) is 0. The smallest absolute Gasteiger partial charge is 0.103 e. The summed E-state index contributed by atoms with van der Waals surface area (Å²) in [4.78, 5) is 0.704. The molecule has 3 nitrogen and oxygen atoms in total. The van der Waals surface area contributed by atoms with Gasteiger partial charge in [-0.1, -0.05) is 46.9 Å². The summed E-state index contributed by atoms with van der Waals surface area (Å²) in [5.74, 6) is 0. The molecule has 7 heteroatoms. The number of halogens is 3. The number of hydrogen-bond donors (Lipinski definition) is 0. The lowest BCUT2D eigenvalue weighted by Crippen LogP contribution is -2.09. The molecule has 0 aliphatic carbocycles. The second-order valence-electron chi connectivity index (χ2n) is 5.36. The van der Waals surface area contributed by atoms with Crippen LogP contribution in [0.25, 0.3) is 0 Å². The van der Waals surface area contributed by atoms with Crippen LogP contribution in [0.4, 0.5) is 11.4 Å². The molecule has 0 bridgehead atoms. The minimum Gasteiger partial charge on any atom is -0.279 e. The highest BCUT2D eigenvalue weighted by Gasteiger charge is 2.19. The molecule has 0 amide bonds. The lowest BCUT2D eigenvalue weighted by molar-refractivity contribution is 1.35. The Bertz CT molecular complexity index is 1090. The van der Waals surface area contributed by atoms with Crippen LogP contribution < -0.4 is 4.31 Å². The van der Waals surface area contributed by atoms with E-state index >= 15 is 0 Å². The van der Waals surface area contributed by atoms with Crippen molar-refractivity contribution >= 4 is 58.1 Å². The summed E-state index contributed by atoms with van der Waals surface area (Å²) >= 11 is 19.9. The predicted molar refractivity (Wildman–Crippen MR) is 112 cm³/mol. The Morgan fingerprint density at radius 3 is 2.26 bits per heavy atom. The van der Waals surface area contributed by atoms with Crippen LogP contribution in [-0.2, 0) is 0 Å². The molecule has 0 atom stereocenters. The molecule has 0 saturated heterocycles. The Hall–Kier alpha value is -2.34. The molecule has 0 fully saturated rings. The first-order valence-corrected chi connectivity index (χ1v) is 9.56. The van der Waals surface area contributed by atoms with E-state index < -0.39 is 0 Å². The Morgan fingerprint density at radius 1 is 0.815 bits per heavy atom. The van der Waals surface area contributed by atoms with Crippen LogP contribution in [0.2, 0.25) is 15.1 Å². The first kappa shape index (κ1) is 19.4. The van der Waals surface area contributed by atoms with Gasteiger partial charge in [-0.05, 0) is 60.5 Å². The lowest BCUT2D eigenvalue weighted by atomic mass is 10.1. The van der Waals surface area contributed by atoms with Gasteiger partial charge in [0.15, 0.2) is 0 Å². The summed E-state index contributed by atoms with van der Waals surface area (Å²) in [6.07, 6.45) is 0. The van der Waals surface area contributed by atoms with Crippen LogP contribution in [0.1, 0.15) is 11.1 Å². The fraction of sp³-hybridized carbons (Fsp3) is 0. The van der Waals surface area contributed by atoms with E-state index in [1.165, 1.54) is 11.9 Å². The Balaban J connectivity index is 2.19. The van der Waals surface area contributed by atoms with E-state index in [4.69, 9.17) is 34.8 Å². The first-order chi connectivity index (χ1) is 13.0. The fourth-order valence-corrected chi connectivity index (χ4v) is 4.05. The maximum absolute atomic E-state index is 9.64. The van der Waals surface area contributed by atoms with Crippen LogP contribution in [0.3, 0.4) is 0 Å². The summed E-state index contributed by atoms with van der Waals surface area (Å²) in [6, 6.07) is 21.6. The summed E-state index contributed by atoms with van der Waals surface area (Å²) in [5, 5.41) is 20.6. The normalized spacial score (nSPS) is 10.1. The van der Waals surface area contributed by atoms with E-state index in [-0.39, 0.29) is 5.56 Å². The van der Waals surface area contributed by atoms with Crippen LogP contribution in [-0.4, -0.2) is 0 Å². The molecule has 132 valence electrons. The van der Waals surface area contributed by atoms with Gasteiger partial charge >= 0.3 is 0 Å². The highest BCUT2D eigenvalue weighted by atomic mass is 35.5. The molecule has 0 spiro atoms. The summed E-state index contributed by atoms with van der Waals surface area (Å²) in [7, 11) is 0. The van der Waals surface area contributed by atoms with Gasteiger partial charge in [-0.25, -0.2) is 0 Å². The van der Waals surface area contributed by atoms with Crippen molar-refractivity contribution in [2.45, 2.75) is 4.90 Å². The van der Waals surface area contributed by atoms with E-state index in [9.17, 15) is 10.5 Å². The third-order valence-corrected chi connectivity index (χ3v) is 5.66. The SMILES string of the molecule is N#Cc1cccc(N(Sc2cc(Cl)ccc2Cl)c2cccc(Cl)c2)c1C#N. The first-order valence-electron chi connectivity index (χ1n) is 7.65. The zero-order valence-electron chi connectivity index (χ0n) is 13.7. The van der Waals surface area contributed by atoms with Crippen molar-refractivity contribution < 1.29 is 0 Å². The van der Waals surface area contributed by atoms with Crippen molar-refractivity contribution in [2.75, 3.05) is 4.31 Å². The molecular formula is C20H10Cl3N3S. The van der Waals surface area contributed by atoms with Gasteiger partial charge in [-0.2, -0.15) is 10.5 Å². The molecule has 3 aromatic rings. The van der Waals surface area contributed by atoms with Crippen LogP contribution >= 0.6 is 46.8 Å². The van der Waals surface area contributed by atoms with Gasteiger partial charge in [0.2, 0.25) is 0 Å². The van der Waals surface area contributed by atoms with Crippen molar-refractivity contribution in [2.24, 2.45) is 0 Å². The third-order valence-electron chi connectivity index (χ3n) is 3.62. The average molecular weight is 431 g/mol. The Kier molecular flexibility index (Phi) is 6.16. The van der Waals surface area contributed by atoms with Gasteiger partial charge in [0.05, 0.1) is 27.5 Å². The molecule has 0 heterocycles. The average Bonchev–Trinajstić information content (AvgIpc) is 2.67. The molecule has 0 aromatic heterocycles. The van der Waals surface area contributed by atoms with E-state index in [2.05, 4.69) is 12.1 Å². The zero-order chi connectivity index (χ0) is 19.4. The standard InChI is InChI=1S/C20H10Cl3N3S/c21-14-4-2-5-16(9-14)26(27-20-10-15(22)7-8-18(20)23)19-6-1-3-13(11-24)17(19)12-25/h1-10H. The molecule has 3 aromatic carbocycles. The topological polar surface area (TPSA) is 50.8 Å². The highest BCUT2D eigenvalue weighted by Crippen LogP contribution is 2.42. The van der Waals surface area contributed by atoms with Crippen LogP contribution in [0.15, 0.2) is 65.6 Å². The number of nitrogens with zero attached hydrogens (tertiary/aromatic N) is 3. The van der Waals surface area contributed by atoms with E-state index in [1.54, 1.807) is 48.5 Å². The molecule has 0 aliphatic heterocycles. The van der Waals surface area contributed by atoms with E-state index in [1.807, 2.05) is 16.4 Å². The lowest BCUT2D eigenvalue weighted by Gasteiger charge is -2.25.